The summed E-state index contributed by atoms with van der Waals surface area (Å²) in [6.07, 6.45) is 0. The minimum atomic E-state index is 0. The Morgan fingerprint density at radius 1 is 1.05 bits per heavy atom. The summed E-state index contributed by atoms with van der Waals surface area (Å²) in [5.41, 5.74) is 13.3. The van der Waals surface area contributed by atoms with Crippen LogP contribution in [-0.2, 0) is 0 Å². The van der Waals surface area contributed by atoms with Crippen LogP contribution in [0.15, 0.2) is 24.3 Å². The highest BCUT2D eigenvalue weighted by molar-refractivity contribution is 5.85. The van der Waals surface area contributed by atoms with Gasteiger partial charge in [-0.05, 0) is 17.7 Å². The predicted molar refractivity (Wildman–Crippen MR) is 85.3 cm³/mol. The van der Waals surface area contributed by atoms with Crippen LogP contribution in [0.3, 0.4) is 0 Å². The molecule has 0 radical (unpaired) electrons. The highest BCUT2D eigenvalue weighted by Gasteiger charge is 2.20. The van der Waals surface area contributed by atoms with E-state index in [2.05, 4.69) is 4.98 Å². The third kappa shape index (κ3) is 3.18. The SMILES string of the molecule is COc1nc(N)c(C#N)c(-c2ccc(N)cc2)c1C#N.Cl.O. The van der Waals surface area contributed by atoms with E-state index in [1.165, 1.54) is 7.11 Å². The van der Waals surface area contributed by atoms with Crippen molar-refractivity contribution < 1.29 is 10.2 Å². The Labute approximate surface area is 133 Å². The van der Waals surface area contributed by atoms with Crippen molar-refractivity contribution in [2.45, 2.75) is 0 Å². The number of benzene rings is 1. The first kappa shape index (κ1) is 19.0. The van der Waals surface area contributed by atoms with E-state index in [1.54, 1.807) is 24.3 Å². The molecule has 0 fully saturated rings. The van der Waals surface area contributed by atoms with Gasteiger partial charge in [0.05, 0.1) is 7.11 Å². The zero-order valence-electron chi connectivity index (χ0n) is 11.6. The first-order valence-corrected chi connectivity index (χ1v) is 5.66. The third-order valence-electron chi connectivity index (χ3n) is 2.81. The molecule has 0 aliphatic rings. The maximum absolute atomic E-state index is 9.31. The number of pyridine rings is 1. The maximum Gasteiger partial charge on any atom is 0.234 e. The minimum absolute atomic E-state index is 0. The van der Waals surface area contributed by atoms with Crippen LogP contribution in [-0.4, -0.2) is 17.6 Å². The summed E-state index contributed by atoms with van der Waals surface area (Å²) < 4.78 is 5.05. The molecular weight excluding hydrogens is 306 g/mol. The van der Waals surface area contributed by atoms with Crippen molar-refractivity contribution in [2.24, 2.45) is 0 Å². The van der Waals surface area contributed by atoms with Gasteiger partial charge in [0.2, 0.25) is 5.88 Å². The monoisotopic (exact) mass is 319 g/mol. The maximum atomic E-state index is 9.31. The first-order chi connectivity index (χ1) is 9.62. The Bertz CT molecular complexity index is 748. The lowest BCUT2D eigenvalue weighted by Crippen LogP contribution is -2.04. The molecule has 0 amide bonds. The van der Waals surface area contributed by atoms with Gasteiger partial charge < -0.3 is 21.7 Å². The Balaban J connectivity index is 0.00000220. The zero-order chi connectivity index (χ0) is 14.7. The largest absolute Gasteiger partial charge is 0.480 e. The second-order valence-electron chi connectivity index (χ2n) is 3.98. The minimum Gasteiger partial charge on any atom is -0.480 e. The third-order valence-corrected chi connectivity index (χ3v) is 2.81. The number of halogens is 1. The fourth-order valence-corrected chi connectivity index (χ4v) is 1.88. The van der Waals surface area contributed by atoms with Crippen molar-refractivity contribution in [2.75, 3.05) is 18.6 Å². The second-order valence-corrected chi connectivity index (χ2v) is 3.98. The number of hydrogen-bond acceptors (Lipinski definition) is 6. The Morgan fingerprint density at radius 3 is 2.05 bits per heavy atom. The van der Waals surface area contributed by atoms with Crippen molar-refractivity contribution in [3.05, 3.63) is 35.4 Å². The number of nitrogen functional groups attached to an aromatic ring is 2. The summed E-state index contributed by atoms with van der Waals surface area (Å²) in [5, 5.41) is 18.6. The van der Waals surface area contributed by atoms with Crippen LogP contribution in [0, 0.1) is 22.7 Å². The van der Waals surface area contributed by atoms with Crippen LogP contribution >= 0.6 is 12.4 Å². The summed E-state index contributed by atoms with van der Waals surface area (Å²) >= 11 is 0. The summed E-state index contributed by atoms with van der Waals surface area (Å²) in [6, 6.07) is 10.8. The number of methoxy groups -OCH3 is 1. The summed E-state index contributed by atoms with van der Waals surface area (Å²) in [6.45, 7) is 0. The van der Waals surface area contributed by atoms with Gasteiger partial charge in [0.15, 0.2) is 0 Å². The molecule has 8 heteroatoms. The van der Waals surface area contributed by atoms with Crippen molar-refractivity contribution in [1.29, 1.82) is 10.5 Å². The number of hydrogen-bond donors (Lipinski definition) is 2. The van der Waals surface area contributed by atoms with Gasteiger partial charge in [0.25, 0.3) is 0 Å². The van der Waals surface area contributed by atoms with Crippen LogP contribution < -0.4 is 16.2 Å². The molecule has 7 nitrogen and oxygen atoms in total. The van der Waals surface area contributed by atoms with Crippen LogP contribution in [0.2, 0.25) is 0 Å². The zero-order valence-corrected chi connectivity index (χ0v) is 12.4. The fourth-order valence-electron chi connectivity index (χ4n) is 1.88. The quantitative estimate of drug-likeness (QED) is 0.794. The van der Waals surface area contributed by atoms with Gasteiger partial charge in [0.1, 0.15) is 29.1 Å². The van der Waals surface area contributed by atoms with E-state index < -0.39 is 0 Å². The summed E-state index contributed by atoms with van der Waals surface area (Å²) in [7, 11) is 1.39. The molecule has 1 aromatic carbocycles. The highest BCUT2D eigenvalue weighted by Crippen LogP contribution is 2.34. The summed E-state index contributed by atoms with van der Waals surface area (Å²) in [4.78, 5) is 3.92. The number of nitrogens with two attached hydrogens (primary N) is 2. The van der Waals surface area contributed by atoms with E-state index in [-0.39, 0.29) is 40.7 Å². The number of anilines is 2. The fraction of sp³-hybridized carbons (Fsp3) is 0.0714. The molecule has 0 saturated carbocycles. The molecule has 0 aliphatic heterocycles. The molecule has 114 valence electrons. The van der Waals surface area contributed by atoms with Gasteiger partial charge in [-0.1, -0.05) is 12.1 Å². The van der Waals surface area contributed by atoms with Gasteiger partial charge >= 0.3 is 0 Å². The average Bonchev–Trinajstić information content (AvgIpc) is 2.46. The van der Waals surface area contributed by atoms with Gasteiger partial charge in [-0.25, -0.2) is 0 Å². The van der Waals surface area contributed by atoms with E-state index in [0.717, 1.165) is 0 Å². The van der Waals surface area contributed by atoms with Crippen molar-refractivity contribution in [3.63, 3.8) is 0 Å². The van der Waals surface area contributed by atoms with E-state index in [9.17, 15) is 10.5 Å². The Kier molecular flexibility index (Phi) is 6.65. The van der Waals surface area contributed by atoms with Crippen LogP contribution in [0.1, 0.15) is 11.1 Å². The van der Waals surface area contributed by atoms with Gasteiger partial charge in [-0.15, -0.1) is 12.4 Å². The number of nitriles is 2. The molecule has 2 rings (SSSR count). The molecule has 0 aliphatic carbocycles. The number of rotatable bonds is 2. The molecular formula is C14H14ClN5O2. The van der Waals surface area contributed by atoms with E-state index in [4.69, 9.17) is 16.2 Å². The first-order valence-electron chi connectivity index (χ1n) is 5.66. The molecule has 0 saturated heterocycles. The molecule has 1 heterocycles. The van der Waals surface area contributed by atoms with E-state index in [0.29, 0.717) is 16.8 Å². The molecule has 0 spiro atoms. The average molecular weight is 320 g/mol. The van der Waals surface area contributed by atoms with Gasteiger partial charge in [-0.2, -0.15) is 15.5 Å². The molecule has 6 N–H and O–H groups in total. The van der Waals surface area contributed by atoms with Crippen molar-refractivity contribution in [1.82, 2.24) is 4.98 Å². The Morgan fingerprint density at radius 2 is 1.59 bits per heavy atom. The number of nitrogens with zero attached hydrogens (tertiary/aromatic N) is 3. The topological polar surface area (TPSA) is 153 Å². The van der Waals surface area contributed by atoms with Crippen LogP contribution in [0.5, 0.6) is 5.88 Å². The highest BCUT2D eigenvalue weighted by atomic mass is 35.5. The van der Waals surface area contributed by atoms with Crippen molar-refractivity contribution in [3.8, 4) is 29.1 Å². The molecule has 1 aromatic heterocycles. The lowest BCUT2D eigenvalue weighted by atomic mass is 9.96. The summed E-state index contributed by atoms with van der Waals surface area (Å²) in [5.74, 6) is 0.117. The number of ether oxygens (including phenoxy) is 1. The molecule has 0 unspecified atom stereocenters. The lowest BCUT2D eigenvalue weighted by Gasteiger charge is -2.12. The molecule has 0 bridgehead atoms. The molecule has 22 heavy (non-hydrogen) atoms. The molecule has 2 aromatic rings. The standard InChI is InChI=1S/C14H11N5O.ClH.H2O/c1-20-14-11(7-16)12(10(6-15)13(18)19-14)8-2-4-9(17)5-3-8;;/h2-5H,17H2,1H3,(H2,18,19);1H;1H2. The lowest BCUT2D eigenvalue weighted by molar-refractivity contribution is 0.397. The molecule has 0 atom stereocenters. The van der Waals surface area contributed by atoms with E-state index >= 15 is 0 Å². The van der Waals surface area contributed by atoms with Crippen molar-refractivity contribution >= 4 is 23.9 Å². The Hall–Kier alpha value is -3.00. The van der Waals surface area contributed by atoms with Gasteiger partial charge in [0, 0.05) is 11.3 Å². The van der Waals surface area contributed by atoms with Crippen LogP contribution in [0.4, 0.5) is 11.5 Å². The van der Waals surface area contributed by atoms with Gasteiger partial charge in [-0.3, -0.25) is 0 Å². The smallest absolute Gasteiger partial charge is 0.234 e. The van der Waals surface area contributed by atoms with E-state index in [1.807, 2.05) is 12.1 Å². The van der Waals surface area contributed by atoms with Crippen LogP contribution in [0.25, 0.3) is 11.1 Å². The second kappa shape index (κ2) is 7.70. The normalized spacial score (nSPS) is 8.68. The number of aromatic nitrogens is 1. The predicted octanol–water partition coefficient (Wildman–Crippen LogP) is 1.26.